The Bertz CT molecular complexity index is 400. The molecule has 6 heteroatoms. The molecule has 0 amide bonds. The van der Waals surface area contributed by atoms with Gasteiger partial charge in [-0.2, -0.15) is 0 Å². The Hall–Kier alpha value is -0.140. The van der Waals surface area contributed by atoms with Gasteiger partial charge in [-0.1, -0.05) is 15.9 Å². The van der Waals surface area contributed by atoms with E-state index in [0.29, 0.717) is 6.54 Å². The van der Waals surface area contributed by atoms with E-state index in [1.54, 1.807) is 14.0 Å². The molecule has 3 N–H and O–H groups in total. The van der Waals surface area contributed by atoms with Crippen molar-refractivity contribution in [2.75, 3.05) is 26.7 Å². The molecule has 1 atom stereocenters. The molecule has 1 aromatic rings. The number of hydrogen-bond donors (Lipinski definition) is 3. The van der Waals surface area contributed by atoms with Crippen LogP contribution in [0, 0.1) is 0 Å². The van der Waals surface area contributed by atoms with Crippen molar-refractivity contribution in [3.63, 3.8) is 0 Å². The van der Waals surface area contributed by atoms with E-state index in [4.69, 9.17) is 9.84 Å². The summed E-state index contributed by atoms with van der Waals surface area (Å²) in [4.78, 5) is 0. The van der Waals surface area contributed by atoms with Crippen LogP contribution >= 0.6 is 31.9 Å². The fourth-order valence-corrected chi connectivity index (χ4v) is 3.16. The summed E-state index contributed by atoms with van der Waals surface area (Å²) in [6.07, 6.45) is -0.305. The smallest absolute Gasteiger partial charge is 0.137 e. The quantitative estimate of drug-likeness (QED) is 0.591. The summed E-state index contributed by atoms with van der Waals surface area (Å²) < 4.78 is 7.34. The zero-order valence-electron chi connectivity index (χ0n) is 11.2. The lowest BCUT2D eigenvalue weighted by Crippen LogP contribution is -2.31. The minimum Gasteiger partial charge on any atom is -0.495 e. The third-order valence-corrected chi connectivity index (χ3v) is 3.57. The van der Waals surface area contributed by atoms with Gasteiger partial charge in [0.1, 0.15) is 5.75 Å². The van der Waals surface area contributed by atoms with Crippen molar-refractivity contribution < 1.29 is 9.84 Å². The molecule has 0 aromatic heterocycles. The van der Waals surface area contributed by atoms with E-state index in [0.717, 1.165) is 39.9 Å². The molecule has 0 fully saturated rings. The lowest BCUT2D eigenvalue weighted by molar-refractivity contribution is 0.191. The molecule has 0 saturated heterocycles. The summed E-state index contributed by atoms with van der Waals surface area (Å²) in [6.45, 7) is 4.78. The van der Waals surface area contributed by atoms with E-state index in [1.165, 1.54) is 0 Å². The predicted octanol–water partition coefficient (Wildman–Crippen LogP) is 2.28. The first-order valence-corrected chi connectivity index (χ1v) is 7.74. The summed E-state index contributed by atoms with van der Waals surface area (Å²) in [7, 11) is 1.67. The molecule has 0 heterocycles. The number of rotatable bonds is 8. The fraction of sp³-hybridized carbons (Fsp3) is 0.538. The third kappa shape index (κ3) is 6.23. The van der Waals surface area contributed by atoms with Crippen molar-refractivity contribution in [2.45, 2.75) is 19.6 Å². The van der Waals surface area contributed by atoms with Crippen molar-refractivity contribution in [1.29, 1.82) is 0 Å². The molecule has 1 rings (SSSR count). The maximum absolute atomic E-state index is 9.11. The first-order valence-electron chi connectivity index (χ1n) is 6.16. The van der Waals surface area contributed by atoms with Gasteiger partial charge in [0.25, 0.3) is 0 Å². The summed E-state index contributed by atoms with van der Waals surface area (Å²) in [5, 5.41) is 15.6. The number of aliphatic hydroxyl groups excluding tert-OH is 1. The van der Waals surface area contributed by atoms with Gasteiger partial charge in [-0.05, 0) is 35.0 Å². The number of halogens is 2. The Morgan fingerprint density at radius 2 is 1.95 bits per heavy atom. The zero-order valence-corrected chi connectivity index (χ0v) is 14.3. The largest absolute Gasteiger partial charge is 0.495 e. The molecule has 0 aliphatic heterocycles. The minimum absolute atomic E-state index is 0.305. The third-order valence-electron chi connectivity index (χ3n) is 2.52. The standard InChI is InChI=1S/C13H20Br2N2O2/c1-9(18)7-16-3-4-17-8-10-5-11(14)6-12(15)13(10)19-2/h5-6,9,16-18H,3-4,7-8H2,1-2H3. The van der Waals surface area contributed by atoms with Gasteiger partial charge >= 0.3 is 0 Å². The highest BCUT2D eigenvalue weighted by Gasteiger charge is 2.08. The van der Waals surface area contributed by atoms with Gasteiger partial charge in [-0.3, -0.25) is 0 Å². The molecule has 0 spiro atoms. The molecule has 4 nitrogen and oxygen atoms in total. The summed E-state index contributed by atoms with van der Waals surface area (Å²) in [6, 6.07) is 4.01. The van der Waals surface area contributed by atoms with Crippen molar-refractivity contribution in [2.24, 2.45) is 0 Å². The number of nitrogens with one attached hydrogen (secondary N) is 2. The fourth-order valence-electron chi connectivity index (χ4n) is 1.68. The Kier molecular flexibility index (Phi) is 7.94. The Morgan fingerprint density at radius 3 is 2.58 bits per heavy atom. The molecule has 0 aliphatic rings. The van der Waals surface area contributed by atoms with Crippen molar-refractivity contribution in [1.82, 2.24) is 10.6 Å². The van der Waals surface area contributed by atoms with Crippen LogP contribution in [0.5, 0.6) is 5.75 Å². The number of methoxy groups -OCH3 is 1. The van der Waals surface area contributed by atoms with Gasteiger partial charge in [-0.15, -0.1) is 0 Å². The van der Waals surface area contributed by atoms with Crippen LogP contribution in [-0.2, 0) is 6.54 Å². The molecule has 1 aromatic carbocycles. The van der Waals surface area contributed by atoms with Crippen LogP contribution in [-0.4, -0.2) is 38.0 Å². The van der Waals surface area contributed by atoms with Crippen molar-refractivity contribution >= 4 is 31.9 Å². The molecule has 0 bridgehead atoms. The van der Waals surface area contributed by atoms with Crippen LogP contribution in [0.15, 0.2) is 21.1 Å². The zero-order chi connectivity index (χ0) is 14.3. The van der Waals surface area contributed by atoms with Gasteiger partial charge in [0.2, 0.25) is 0 Å². The van der Waals surface area contributed by atoms with Crippen LogP contribution in [0.2, 0.25) is 0 Å². The van der Waals surface area contributed by atoms with Crippen molar-refractivity contribution in [3.8, 4) is 5.75 Å². The highest BCUT2D eigenvalue weighted by atomic mass is 79.9. The Balaban J connectivity index is 2.40. The maximum atomic E-state index is 9.11. The molecule has 0 radical (unpaired) electrons. The number of ether oxygens (including phenoxy) is 1. The molecule has 1 unspecified atom stereocenters. The normalized spacial score (nSPS) is 12.5. The molecule has 0 aliphatic carbocycles. The Morgan fingerprint density at radius 1 is 1.26 bits per heavy atom. The first-order chi connectivity index (χ1) is 9.04. The topological polar surface area (TPSA) is 53.5 Å². The lowest BCUT2D eigenvalue weighted by atomic mass is 10.2. The second-order valence-electron chi connectivity index (χ2n) is 4.31. The number of aliphatic hydroxyl groups is 1. The molecule has 0 saturated carbocycles. The van der Waals surface area contributed by atoms with Crippen LogP contribution in [0.3, 0.4) is 0 Å². The second-order valence-corrected chi connectivity index (χ2v) is 6.08. The van der Waals surface area contributed by atoms with Gasteiger partial charge in [0.15, 0.2) is 0 Å². The van der Waals surface area contributed by atoms with E-state index in [2.05, 4.69) is 42.5 Å². The number of hydrogen-bond acceptors (Lipinski definition) is 4. The highest BCUT2D eigenvalue weighted by Crippen LogP contribution is 2.32. The van der Waals surface area contributed by atoms with Gasteiger partial charge < -0.3 is 20.5 Å². The molecule has 19 heavy (non-hydrogen) atoms. The van der Waals surface area contributed by atoms with Gasteiger partial charge in [0.05, 0.1) is 17.7 Å². The predicted molar refractivity (Wildman–Crippen MR) is 84.7 cm³/mol. The second kappa shape index (κ2) is 8.92. The van der Waals surface area contributed by atoms with E-state index in [-0.39, 0.29) is 6.10 Å². The summed E-state index contributed by atoms with van der Waals surface area (Å²) >= 11 is 6.96. The molecular weight excluding hydrogens is 376 g/mol. The first kappa shape index (κ1) is 16.9. The average molecular weight is 396 g/mol. The average Bonchev–Trinajstić information content (AvgIpc) is 2.32. The van der Waals surface area contributed by atoms with Crippen LogP contribution < -0.4 is 15.4 Å². The maximum Gasteiger partial charge on any atom is 0.137 e. The van der Waals surface area contributed by atoms with Gasteiger partial charge in [-0.25, -0.2) is 0 Å². The molecular formula is C13H20Br2N2O2. The lowest BCUT2D eigenvalue weighted by Gasteiger charge is -2.13. The van der Waals surface area contributed by atoms with Crippen molar-refractivity contribution in [3.05, 3.63) is 26.6 Å². The van der Waals surface area contributed by atoms with E-state index >= 15 is 0 Å². The van der Waals surface area contributed by atoms with E-state index in [9.17, 15) is 0 Å². The molecule has 108 valence electrons. The van der Waals surface area contributed by atoms with E-state index < -0.39 is 0 Å². The van der Waals surface area contributed by atoms with Gasteiger partial charge in [0, 0.05) is 36.2 Å². The number of benzene rings is 1. The van der Waals surface area contributed by atoms with E-state index in [1.807, 2.05) is 12.1 Å². The monoisotopic (exact) mass is 394 g/mol. The van der Waals surface area contributed by atoms with Crippen LogP contribution in [0.25, 0.3) is 0 Å². The van der Waals surface area contributed by atoms with Crippen LogP contribution in [0.1, 0.15) is 12.5 Å². The van der Waals surface area contributed by atoms with Crippen LogP contribution in [0.4, 0.5) is 0 Å². The summed E-state index contributed by atoms with van der Waals surface area (Å²) in [5.41, 5.74) is 1.10. The highest BCUT2D eigenvalue weighted by molar-refractivity contribution is 9.11. The SMILES string of the molecule is COc1c(Br)cc(Br)cc1CNCCNCC(C)O. The Labute approximate surface area is 131 Å². The minimum atomic E-state index is -0.305. The summed E-state index contributed by atoms with van der Waals surface area (Å²) in [5.74, 6) is 0.854.